The molecule has 1 amide bonds. The summed E-state index contributed by atoms with van der Waals surface area (Å²) in [6.45, 7) is 12.3. The molecule has 0 saturated carbocycles. The normalized spacial score (nSPS) is 9.03. The van der Waals surface area contributed by atoms with Gasteiger partial charge in [-0.15, -0.1) is 0 Å². The van der Waals surface area contributed by atoms with E-state index in [2.05, 4.69) is 34.6 Å². The van der Waals surface area contributed by atoms with Crippen LogP contribution >= 0.6 is 0 Å². The van der Waals surface area contributed by atoms with Crippen LogP contribution in [0.2, 0.25) is 0 Å². The van der Waals surface area contributed by atoms with Gasteiger partial charge in [0.15, 0.2) is 0 Å². The van der Waals surface area contributed by atoms with Gasteiger partial charge in [0.2, 0.25) is 5.91 Å². The van der Waals surface area contributed by atoms with E-state index in [0.29, 0.717) is 12.2 Å². The number of Topliss-reactive ketones (excluding diaryl/α,β-unsaturated/α-hetero) is 1. The van der Waals surface area contributed by atoms with Gasteiger partial charge in [0.05, 0.1) is 7.11 Å². The first-order valence-corrected chi connectivity index (χ1v) is 11.6. The Labute approximate surface area is 215 Å². The van der Waals surface area contributed by atoms with Crippen molar-refractivity contribution in [3.05, 3.63) is 6.92 Å². The van der Waals surface area contributed by atoms with Crippen LogP contribution in [0.1, 0.15) is 124 Å². The van der Waals surface area contributed by atoms with Crippen LogP contribution in [-0.4, -0.2) is 54.0 Å². The van der Waals surface area contributed by atoms with Crippen LogP contribution in [0, 0.1) is 6.92 Å². The molecule has 0 rings (SSSR count). The maximum absolute atomic E-state index is 11.2. The molecule has 0 radical (unpaired) electrons. The Morgan fingerprint density at radius 2 is 1.10 bits per heavy atom. The molecule has 0 fully saturated rings. The van der Waals surface area contributed by atoms with Crippen molar-refractivity contribution in [2.75, 3.05) is 14.2 Å². The molecule has 0 aromatic carbocycles. The molecule has 178 valence electrons. The van der Waals surface area contributed by atoms with Crippen LogP contribution in [0.3, 0.4) is 0 Å². The van der Waals surface area contributed by atoms with Crippen molar-refractivity contribution in [1.29, 1.82) is 0 Å². The first-order valence-electron chi connectivity index (χ1n) is 11.6. The zero-order chi connectivity index (χ0) is 22.0. The summed E-state index contributed by atoms with van der Waals surface area (Å²) in [5.41, 5.74) is 0. The first-order chi connectivity index (χ1) is 13.4. The quantitative estimate of drug-likeness (QED) is 0.147. The van der Waals surface area contributed by atoms with E-state index in [1.165, 1.54) is 50.7 Å². The van der Waals surface area contributed by atoms with Gasteiger partial charge < -0.3 is 23.9 Å². The van der Waals surface area contributed by atoms with Gasteiger partial charge in [-0.1, -0.05) is 79.1 Å². The Balaban J connectivity index is -0.000000108. The number of nitrogens with zero attached hydrogens (tertiary/aromatic N) is 1. The second-order valence-corrected chi connectivity index (χ2v) is 7.19. The molecule has 0 aliphatic carbocycles. The van der Waals surface area contributed by atoms with Gasteiger partial charge in [0, 0.05) is 26.3 Å². The van der Waals surface area contributed by atoms with E-state index >= 15 is 0 Å². The van der Waals surface area contributed by atoms with Crippen molar-refractivity contribution in [3.8, 4) is 0 Å². The summed E-state index contributed by atoms with van der Waals surface area (Å²) in [6, 6.07) is 0. The Hall–Kier alpha value is 0.346. The number of halogens is 1. The number of hydrogen-bond donors (Lipinski definition) is 0. The number of carbonyl (C=O) groups excluding carboxylic acids is 2. The fraction of sp³-hybridized carbons (Fsp3) is 0.875. The largest absolute Gasteiger partial charge is 2.00 e. The number of ketones is 1. The number of hydrogen-bond acceptors (Lipinski definition) is 3. The Morgan fingerprint density at radius 3 is 1.37 bits per heavy atom. The third kappa shape index (κ3) is 38.9. The van der Waals surface area contributed by atoms with Gasteiger partial charge in [-0.2, -0.15) is 6.42 Å². The summed E-state index contributed by atoms with van der Waals surface area (Å²) >= 11 is 0. The minimum absolute atomic E-state index is 0. The number of hydroxylamine groups is 2. The zero-order valence-electron chi connectivity index (χ0n) is 21.1. The maximum Gasteiger partial charge on any atom is 2.00 e. The standard InChI is InChI=1S/C11H22O.C8H17NO2.C5H11.BrH.Mg/c1-3-5-7-9-11(12)10-8-6-4-2;1-4-5-6-7-8(10)9(2)11-3;1-3-5-4-2;;/h3-10H2,1-2H3;4-7H2,1-3H3;1,3-5H2,2H3;1H;/q;;-1;;+2/p-1. The van der Waals surface area contributed by atoms with E-state index in [1.807, 2.05) is 0 Å². The van der Waals surface area contributed by atoms with Gasteiger partial charge in [0.1, 0.15) is 5.78 Å². The summed E-state index contributed by atoms with van der Waals surface area (Å²) in [7, 11) is 3.13. The molecule has 0 bridgehead atoms. The molecule has 0 N–H and O–H groups in total. The molecule has 0 unspecified atom stereocenters. The Kier molecular flexibility index (Phi) is 49.8. The number of unbranched alkanes of at least 4 members (excludes halogenated alkanes) is 8. The summed E-state index contributed by atoms with van der Waals surface area (Å²) < 4.78 is 0. The van der Waals surface area contributed by atoms with Crippen molar-refractivity contribution >= 4 is 34.7 Å². The third-order valence-corrected chi connectivity index (χ3v) is 4.34. The Bertz CT molecular complexity index is 318. The predicted octanol–water partition coefficient (Wildman–Crippen LogP) is 3.94. The van der Waals surface area contributed by atoms with Crippen molar-refractivity contribution in [1.82, 2.24) is 5.06 Å². The van der Waals surface area contributed by atoms with E-state index in [9.17, 15) is 9.59 Å². The fourth-order valence-corrected chi connectivity index (χ4v) is 2.30. The average Bonchev–Trinajstić information content (AvgIpc) is 2.69. The smallest absolute Gasteiger partial charge is 1.00 e. The minimum atomic E-state index is 0. The van der Waals surface area contributed by atoms with Gasteiger partial charge in [-0.3, -0.25) is 14.4 Å². The molecular weight excluding hydrogens is 454 g/mol. The summed E-state index contributed by atoms with van der Waals surface area (Å²) in [6.07, 6.45) is 16.1. The molecule has 0 saturated heterocycles. The summed E-state index contributed by atoms with van der Waals surface area (Å²) in [5, 5.41) is 1.27. The van der Waals surface area contributed by atoms with Gasteiger partial charge in [0.25, 0.3) is 0 Å². The molecule has 0 aliphatic rings. The zero-order valence-corrected chi connectivity index (χ0v) is 24.1. The maximum atomic E-state index is 11.2. The van der Waals surface area contributed by atoms with Crippen LogP contribution in [0.25, 0.3) is 0 Å². The molecule has 0 aromatic heterocycles. The fourth-order valence-electron chi connectivity index (χ4n) is 2.30. The van der Waals surface area contributed by atoms with Crippen molar-refractivity contribution in [3.63, 3.8) is 0 Å². The second kappa shape index (κ2) is 36.7. The van der Waals surface area contributed by atoms with Gasteiger partial charge in [-0.25, -0.2) is 5.06 Å². The third-order valence-electron chi connectivity index (χ3n) is 4.34. The molecule has 0 spiro atoms. The van der Waals surface area contributed by atoms with Crippen LogP contribution in [0.4, 0.5) is 0 Å². The van der Waals surface area contributed by atoms with E-state index in [4.69, 9.17) is 4.84 Å². The van der Waals surface area contributed by atoms with Gasteiger partial charge in [-0.05, 0) is 19.3 Å². The molecule has 6 heteroatoms. The van der Waals surface area contributed by atoms with E-state index in [0.717, 1.165) is 51.4 Å². The van der Waals surface area contributed by atoms with Crippen LogP contribution in [0.5, 0.6) is 0 Å². The number of rotatable bonds is 15. The van der Waals surface area contributed by atoms with E-state index in [1.54, 1.807) is 7.05 Å². The minimum Gasteiger partial charge on any atom is -1.00 e. The molecule has 4 nitrogen and oxygen atoms in total. The molecule has 0 aromatic rings. The monoisotopic (exact) mass is 503 g/mol. The van der Waals surface area contributed by atoms with E-state index in [-0.39, 0.29) is 45.9 Å². The molecule has 0 aliphatic heterocycles. The van der Waals surface area contributed by atoms with Crippen molar-refractivity contribution < 1.29 is 31.4 Å². The Morgan fingerprint density at radius 1 is 0.733 bits per heavy atom. The van der Waals surface area contributed by atoms with Crippen LogP contribution < -0.4 is 17.0 Å². The predicted molar refractivity (Wildman–Crippen MR) is 128 cm³/mol. The molecule has 30 heavy (non-hydrogen) atoms. The van der Waals surface area contributed by atoms with E-state index < -0.39 is 0 Å². The number of carbonyl (C=O) groups is 2. The topological polar surface area (TPSA) is 46.6 Å². The average molecular weight is 505 g/mol. The summed E-state index contributed by atoms with van der Waals surface area (Å²) in [4.78, 5) is 27.0. The van der Waals surface area contributed by atoms with Crippen LogP contribution in [0.15, 0.2) is 0 Å². The van der Waals surface area contributed by atoms with Crippen molar-refractivity contribution in [2.45, 2.75) is 124 Å². The molecular formula is C24H50BrMgNO3. The van der Waals surface area contributed by atoms with Crippen molar-refractivity contribution in [2.24, 2.45) is 0 Å². The molecule has 0 atom stereocenters. The summed E-state index contributed by atoms with van der Waals surface area (Å²) in [5.74, 6) is 0.526. The first kappa shape index (κ1) is 40.7. The van der Waals surface area contributed by atoms with Crippen LogP contribution in [-0.2, 0) is 14.4 Å². The second-order valence-electron chi connectivity index (χ2n) is 7.19. The van der Waals surface area contributed by atoms with Gasteiger partial charge >= 0.3 is 23.1 Å². The molecule has 0 heterocycles. The number of amides is 1. The SMILES string of the molecule is CCCCCC(=O)CCCCC.CCCCCC(=O)N(C)OC.[Br-].[CH2-]CCCC.[Mg+2].